The number of ether oxygens (including phenoxy) is 2. The number of sulfonamides is 1. The van der Waals surface area contributed by atoms with Gasteiger partial charge in [0.05, 0.1) is 17.7 Å². The van der Waals surface area contributed by atoms with E-state index in [0.29, 0.717) is 23.7 Å². The van der Waals surface area contributed by atoms with Crippen molar-refractivity contribution < 1.29 is 27.5 Å². The summed E-state index contributed by atoms with van der Waals surface area (Å²) in [5.74, 6) is 0.936. The van der Waals surface area contributed by atoms with E-state index in [4.69, 9.17) is 9.47 Å². The molecule has 1 N–H and O–H groups in total. The van der Waals surface area contributed by atoms with Gasteiger partial charge in [-0.3, -0.25) is 13.9 Å². The molecule has 0 aliphatic rings. The molecule has 4 rings (SSSR count). The predicted octanol–water partition coefficient (Wildman–Crippen LogP) is 6.71. The normalized spacial score (nSPS) is 12.1. The van der Waals surface area contributed by atoms with E-state index in [1.165, 1.54) is 17.0 Å². The first-order valence-electron chi connectivity index (χ1n) is 15.5. The van der Waals surface area contributed by atoms with Crippen LogP contribution in [0.5, 0.6) is 17.2 Å². The van der Waals surface area contributed by atoms with Gasteiger partial charge in [0.1, 0.15) is 29.8 Å². The molecule has 4 aromatic carbocycles. The van der Waals surface area contributed by atoms with Crippen molar-refractivity contribution in [3.63, 3.8) is 0 Å². The van der Waals surface area contributed by atoms with Crippen LogP contribution in [-0.4, -0.2) is 50.4 Å². The minimum absolute atomic E-state index is 0.0414. The highest BCUT2D eigenvalue weighted by molar-refractivity contribution is 7.92. The first kappa shape index (κ1) is 35.0. The summed E-state index contributed by atoms with van der Waals surface area (Å²) in [5, 5.41) is 2.98. The molecule has 0 aromatic heterocycles. The topological polar surface area (TPSA) is 105 Å². The number of para-hydroxylation sites is 1. The fraction of sp³-hybridized carbons (Fsp3) is 0.297. The number of methoxy groups -OCH3 is 1. The Kier molecular flexibility index (Phi) is 11.3. The Labute approximate surface area is 278 Å². The van der Waals surface area contributed by atoms with E-state index in [1.54, 1.807) is 55.6 Å². The Morgan fingerprint density at radius 3 is 1.94 bits per heavy atom. The summed E-state index contributed by atoms with van der Waals surface area (Å²) in [7, 11) is -2.64. The molecule has 1 atom stereocenters. The molecular formula is C37H43N3O6S. The van der Waals surface area contributed by atoms with Gasteiger partial charge >= 0.3 is 0 Å². The monoisotopic (exact) mass is 657 g/mol. The molecule has 248 valence electrons. The lowest BCUT2D eigenvalue weighted by Gasteiger charge is -2.34. The van der Waals surface area contributed by atoms with Crippen LogP contribution in [0.15, 0.2) is 108 Å². The fourth-order valence-corrected chi connectivity index (χ4v) is 6.39. The molecule has 0 spiro atoms. The molecule has 0 radical (unpaired) electrons. The average molecular weight is 658 g/mol. The lowest BCUT2D eigenvalue weighted by Crippen LogP contribution is -2.55. The van der Waals surface area contributed by atoms with Crippen molar-refractivity contribution in [2.45, 2.75) is 64.1 Å². The molecule has 0 heterocycles. The number of nitrogens with zero attached hydrogens (tertiary/aromatic N) is 2. The van der Waals surface area contributed by atoms with Gasteiger partial charge in [-0.15, -0.1) is 0 Å². The maximum atomic E-state index is 14.4. The number of nitrogens with one attached hydrogen (secondary N) is 1. The van der Waals surface area contributed by atoms with Crippen LogP contribution in [0.4, 0.5) is 5.69 Å². The molecule has 4 aromatic rings. The van der Waals surface area contributed by atoms with Crippen molar-refractivity contribution in [3.05, 3.63) is 114 Å². The summed E-state index contributed by atoms with van der Waals surface area (Å²) in [6.07, 6.45) is 0.319. The summed E-state index contributed by atoms with van der Waals surface area (Å²) in [5.41, 5.74) is 1.40. The number of carbonyl (C=O) groups excluding carboxylic acids is 2. The molecule has 0 saturated heterocycles. The van der Waals surface area contributed by atoms with Crippen molar-refractivity contribution in [2.75, 3.05) is 18.0 Å². The van der Waals surface area contributed by atoms with Crippen LogP contribution in [-0.2, 0) is 26.2 Å². The molecule has 0 aliphatic heterocycles. The first-order valence-corrected chi connectivity index (χ1v) is 16.9. The lowest BCUT2D eigenvalue weighted by molar-refractivity contribution is -0.141. The van der Waals surface area contributed by atoms with E-state index < -0.39 is 34.1 Å². The third kappa shape index (κ3) is 9.36. The van der Waals surface area contributed by atoms with Crippen LogP contribution in [0.3, 0.4) is 0 Å². The molecule has 2 amide bonds. The number of rotatable bonds is 13. The molecule has 9 nitrogen and oxygen atoms in total. The Hall–Kier alpha value is -4.83. The van der Waals surface area contributed by atoms with Crippen molar-refractivity contribution in [1.82, 2.24) is 10.2 Å². The summed E-state index contributed by atoms with van der Waals surface area (Å²) >= 11 is 0. The van der Waals surface area contributed by atoms with Gasteiger partial charge in [0.25, 0.3) is 10.0 Å². The van der Waals surface area contributed by atoms with Crippen LogP contribution < -0.4 is 19.1 Å². The quantitative estimate of drug-likeness (QED) is 0.171. The van der Waals surface area contributed by atoms with Crippen LogP contribution in [0.2, 0.25) is 0 Å². The Balaban J connectivity index is 1.73. The van der Waals surface area contributed by atoms with E-state index in [-0.39, 0.29) is 23.0 Å². The molecular weight excluding hydrogens is 614 g/mol. The summed E-state index contributed by atoms with van der Waals surface area (Å²) in [6.45, 7) is 8.85. The van der Waals surface area contributed by atoms with Gasteiger partial charge in [-0.25, -0.2) is 8.42 Å². The number of hydrogen-bond acceptors (Lipinski definition) is 6. The van der Waals surface area contributed by atoms with Gasteiger partial charge in [-0.1, -0.05) is 55.0 Å². The summed E-state index contributed by atoms with van der Waals surface area (Å²) in [4.78, 5) is 29.4. The van der Waals surface area contributed by atoms with Crippen molar-refractivity contribution in [2.24, 2.45) is 0 Å². The third-order valence-electron chi connectivity index (χ3n) is 7.39. The Morgan fingerprint density at radius 2 is 1.38 bits per heavy atom. The van der Waals surface area contributed by atoms with Gasteiger partial charge in [-0.2, -0.15) is 0 Å². The van der Waals surface area contributed by atoms with Gasteiger partial charge in [0.15, 0.2) is 0 Å². The summed E-state index contributed by atoms with van der Waals surface area (Å²) in [6, 6.07) is 28.6. The van der Waals surface area contributed by atoms with Gasteiger partial charge in [-0.05, 0) is 100 Å². The van der Waals surface area contributed by atoms with E-state index in [1.807, 2.05) is 77.1 Å². The predicted molar refractivity (Wildman–Crippen MR) is 184 cm³/mol. The molecule has 0 bridgehead atoms. The van der Waals surface area contributed by atoms with Crippen LogP contribution in [0.25, 0.3) is 0 Å². The van der Waals surface area contributed by atoms with Crippen molar-refractivity contribution in [1.29, 1.82) is 0 Å². The molecule has 0 saturated carbocycles. The lowest BCUT2D eigenvalue weighted by atomic mass is 10.1. The second kappa shape index (κ2) is 15.2. The number of hydrogen-bond donors (Lipinski definition) is 1. The highest BCUT2D eigenvalue weighted by Crippen LogP contribution is 2.29. The maximum Gasteiger partial charge on any atom is 0.264 e. The minimum Gasteiger partial charge on any atom is -0.497 e. The van der Waals surface area contributed by atoms with E-state index in [9.17, 15) is 18.0 Å². The number of benzene rings is 4. The summed E-state index contributed by atoms with van der Waals surface area (Å²) < 4.78 is 40.7. The minimum atomic E-state index is -4.21. The third-order valence-corrected chi connectivity index (χ3v) is 9.18. The van der Waals surface area contributed by atoms with Gasteiger partial charge in [0.2, 0.25) is 11.8 Å². The van der Waals surface area contributed by atoms with Crippen molar-refractivity contribution >= 4 is 27.5 Å². The first-order chi connectivity index (χ1) is 22.3. The van der Waals surface area contributed by atoms with Crippen molar-refractivity contribution in [3.8, 4) is 17.2 Å². The number of carbonyl (C=O) groups is 2. The second-order valence-corrected chi connectivity index (χ2v) is 14.1. The van der Waals surface area contributed by atoms with E-state index >= 15 is 0 Å². The molecule has 0 fully saturated rings. The van der Waals surface area contributed by atoms with Crippen LogP contribution >= 0.6 is 0 Å². The molecule has 1 unspecified atom stereocenters. The zero-order chi connectivity index (χ0) is 34.2. The Morgan fingerprint density at radius 1 is 0.809 bits per heavy atom. The molecule has 0 aliphatic carbocycles. The highest BCUT2D eigenvalue weighted by atomic mass is 32.2. The van der Waals surface area contributed by atoms with Gasteiger partial charge in [0, 0.05) is 12.1 Å². The SMILES string of the molecule is CCC(C(=O)NC(C)(C)C)N(Cc1ccc(OC)cc1)C(=O)CN(c1ccc(Oc2ccccc2)cc1)S(=O)(=O)c1ccc(C)cc1. The number of aryl methyl sites for hydroxylation is 1. The zero-order valence-electron chi connectivity index (χ0n) is 27.8. The molecule has 10 heteroatoms. The smallest absolute Gasteiger partial charge is 0.264 e. The van der Waals surface area contributed by atoms with Crippen LogP contribution in [0.1, 0.15) is 45.2 Å². The fourth-order valence-electron chi connectivity index (χ4n) is 4.97. The average Bonchev–Trinajstić information content (AvgIpc) is 3.04. The van der Waals surface area contributed by atoms with E-state index in [0.717, 1.165) is 15.4 Å². The second-order valence-electron chi connectivity index (χ2n) is 12.3. The van der Waals surface area contributed by atoms with Crippen LogP contribution in [0, 0.1) is 6.92 Å². The zero-order valence-corrected chi connectivity index (χ0v) is 28.6. The molecule has 47 heavy (non-hydrogen) atoms. The standard InChI is InChI=1S/C37H43N3O6S/c1-7-34(36(42)38-37(3,4)5)39(25-28-15-19-30(45-6)20-16-28)35(41)26-40(47(43,44)33-23-13-27(2)14-24-33)29-17-21-32(22-18-29)46-31-11-9-8-10-12-31/h8-24,34H,7,25-26H2,1-6H3,(H,38,42). The number of anilines is 1. The maximum absolute atomic E-state index is 14.4. The Bertz CT molecular complexity index is 1740. The highest BCUT2D eigenvalue weighted by Gasteiger charge is 2.34. The van der Waals surface area contributed by atoms with Gasteiger partial charge < -0.3 is 19.7 Å². The largest absolute Gasteiger partial charge is 0.497 e. The van der Waals surface area contributed by atoms with E-state index in [2.05, 4.69) is 5.32 Å². The number of amides is 2.